The molecule has 4 fully saturated rings. The van der Waals surface area contributed by atoms with E-state index in [1.54, 1.807) is 0 Å². The van der Waals surface area contributed by atoms with E-state index >= 15 is 0 Å². The number of alkyl halides is 2. The highest BCUT2D eigenvalue weighted by Crippen LogP contribution is 2.66. The molecule has 4 aliphatic carbocycles. The van der Waals surface area contributed by atoms with Crippen molar-refractivity contribution in [2.75, 3.05) is 6.61 Å². The van der Waals surface area contributed by atoms with Gasteiger partial charge in [0, 0.05) is 43.4 Å². The lowest BCUT2D eigenvalue weighted by molar-refractivity contribution is -0.777. The van der Waals surface area contributed by atoms with Gasteiger partial charge in [0.15, 0.2) is 21.3 Å². The number of hydrogen-bond acceptors (Lipinski definition) is 9. The summed E-state index contributed by atoms with van der Waals surface area (Å²) in [6, 6.07) is 32.2. The van der Waals surface area contributed by atoms with Crippen molar-refractivity contribution < 1.29 is 47.3 Å². The Morgan fingerprint density at radius 1 is 0.875 bits per heavy atom. The molecular formula is C44H50F2O8S2. The Bertz CT molecular complexity index is 1740. The third-order valence-corrected chi connectivity index (χ3v) is 15.9. The van der Waals surface area contributed by atoms with Crippen molar-refractivity contribution in [1.82, 2.24) is 0 Å². The minimum atomic E-state index is -3.63. The molecule has 4 saturated carbocycles. The maximum atomic E-state index is 13.8. The van der Waals surface area contributed by atoms with E-state index in [0.29, 0.717) is 32.1 Å². The molecule has 0 amide bonds. The first-order chi connectivity index (χ1) is 26.8. The van der Waals surface area contributed by atoms with Crippen molar-refractivity contribution in [3.05, 3.63) is 91.0 Å². The monoisotopic (exact) mass is 808 g/mol. The van der Waals surface area contributed by atoms with Crippen LogP contribution in [-0.2, 0) is 44.2 Å². The van der Waals surface area contributed by atoms with Crippen LogP contribution in [0.25, 0.3) is 0 Å². The highest BCUT2D eigenvalue weighted by molar-refractivity contribution is 7.97. The average molecular weight is 809 g/mol. The van der Waals surface area contributed by atoms with Crippen molar-refractivity contribution >= 4 is 46.3 Å². The lowest BCUT2D eigenvalue weighted by Crippen LogP contribution is -2.60. The van der Waals surface area contributed by atoms with Gasteiger partial charge in [0.25, 0.3) is 0 Å². The Labute approximate surface area is 334 Å². The van der Waals surface area contributed by atoms with Crippen LogP contribution >= 0.6 is 12.0 Å². The SMILES string of the molecule is CC(CCC(=O)OCC(F)(F)SOO[O-])[C@H]1CC[C@H]2[C@@H]3C(=O)C[C@@H]4CC(=O)CC[C@]4(C)[C@H]3CC(=O)[C@]12C.c1ccc([S+](c2ccccc2)c2ccccc2)cc1. The second kappa shape index (κ2) is 18.0. The number of carbonyl (C=O) groups excluding carboxylic acids is 4. The summed E-state index contributed by atoms with van der Waals surface area (Å²) in [5.74, 6) is -0.565. The molecule has 8 atom stereocenters. The average Bonchev–Trinajstić information content (AvgIpc) is 3.56. The summed E-state index contributed by atoms with van der Waals surface area (Å²) in [6.45, 7) is 4.85. The van der Waals surface area contributed by atoms with Crippen molar-refractivity contribution in [3.8, 4) is 0 Å². The maximum Gasteiger partial charge on any atom is 0.354 e. The van der Waals surface area contributed by atoms with E-state index in [1.165, 1.54) is 14.7 Å². The van der Waals surface area contributed by atoms with Gasteiger partial charge in [0.05, 0.1) is 10.9 Å². The number of fused-ring (bicyclic) bond motifs is 5. The van der Waals surface area contributed by atoms with Crippen LogP contribution in [0.4, 0.5) is 8.78 Å². The Balaban J connectivity index is 0.000000233. The Hall–Kier alpha value is -3.42. The van der Waals surface area contributed by atoms with Crippen molar-refractivity contribution in [3.63, 3.8) is 0 Å². The zero-order valence-electron chi connectivity index (χ0n) is 32.0. The third-order valence-electron chi connectivity index (χ3n) is 13.2. The van der Waals surface area contributed by atoms with E-state index in [1.807, 2.05) is 13.8 Å². The standard InChI is InChI=1S/C26H36F2O8S.C18H15S/c1-14(4-7-22(32)34-13-26(27,28)37-36-35-33)17-5-6-18-23-19(12-21(31)25(17,18)3)24(2)9-8-16(29)10-15(24)11-20(23)30;1-4-10-16(11-5-1)19(17-12-6-2-7-13-17)18-14-8-3-9-15-18/h14-15,17-19,23,33H,4-13H2,1-3H3;1-15H/q;+1/p-1/t14?,15-,17+,18-,19-,23-,24-,25+;/m0./s1. The summed E-state index contributed by atoms with van der Waals surface area (Å²) < 4.78 is 35.2. The van der Waals surface area contributed by atoms with E-state index in [0.717, 1.165) is 19.3 Å². The summed E-state index contributed by atoms with van der Waals surface area (Å²) in [6.07, 6.45) is 4.23. The smallest absolute Gasteiger partial charge is 0.354 e. The van der Waals surface area contributed by atoms with Gasteiger partial charge in [-0.2, -0.15) is 13.1 Å². The van der Waals surface area contributed by atoms with Crippen LogP contribution in [0, 0.1) is 46.3 Å². The third kappa shape index (κ3) is 8.99. The first-order valence-electron chi connectivity index (χ1n) is 19.4. The van der Waals surface area contributed by atoms with E-state index in [-0.39, 0.29) is 75.6 Å². The lowest BCUT2D eigenvalue weighted by atomic mass is 9.44. The number of benzene rings is 3. The molecule has 4 aliphatic rings. The number of ketones is 3. The normalized spacial score (nSPS) is 29.1. The number of hydrogen-bond donors (Lipinski definition) is 0. The molecule has 1 unspecified atom stereocenters. The van der Waals surface area contributed by atoms with Crippen LogP contribution in [0.5, 0.6) is 0 Å². The van der Waals surface area contributed by atoms with Crippen LogP contribution in [-0.4, -0.2) is 35.2 Å². The van der Waals surface area contributed by atoms with Gasteiger partial charge < -0.3 is 9.99 Å². The molecule has 0 N–H and O–H groups in total. The predicted molar refractivity (Wildman–Crippen MR) is 207 cm³/mol. The fraction of sp³-hybridized carbons (Fsp3) is 0.500. The topological polar surface area (TPSA) is 119 Å². The van der Waals surface area contributed by atoms with Crippen LogP contribution in [0.1, 0.15) is 78.6 Å². The van der Waals surface area contributed by atoms with E-state index in [4.69, 9.17) is 0 Å². The Morgan fingerprint density at radius 2 is 1.45 bits per heavy atom. The molecule has 0 saturated heterocycles. The molecule has 0 heterocycles. The summed E-state index contributed by atoms with van der Waals surface area (Å²) in [5.41, 5.74) is -0.852. The van der Waals surface area contributed by atoms with Crippen LogP contribution in [0.3, 0.4) is 0 Å². The quantitative estimate of drug-likeness (QED) is 0.0582. The van der Waals surface area contributed by atoms with Gasteiger partial charge in [0.2, 0.25) is 0 Å². The van der Waals surface area contributed by atoms with Crippen LogP contribution in [0.2, 0.25) is 0 Å². The highest BCUT2D eigenvalue weighted by Gasteiger charge is 2.66. The second-order valence-electron chi connectivity index (χ2n) is 16.2. The zero-order valence-corrected chi connectivity index (χ0v) is 33.7. The number of rotatable bonds is 12. The molecule has 300 valence electrons. The maximum absolute atomic E-state index is 13.8. The van der Waals surface area contributed by atoms with Crippen molar-refractivity contribution in [1.29, 1.82) is 0 Å². The highest BCUT2D eigenvalue weighted by atomic mass is 32.2. The summed E-state index contributed by atoms with van der Waals surface area (Å²) >= 11 is -0.534. The molecule has 7 rings (SSSR count). The number of halogens is 2. The number of esters is 1. The first kappa shape index (κ1) is 42.2. The summed E-state index contributed by atoms with van der Waals surface area (Å²) in [4.78, 5) is 55.5. The van der Waals surface area contributed by atoms with Gasteiger partial charge in [-0.05, 0) is 97.1 Å². The molecule has 3 aromatic rings. The van der Waals surface area contributed by atoms with E-state index in [9.17, 15) is 33.2 Å². The molecular weight excluding hydrogens is 759 g/mol. The minimum Gasteiger partial charge on any atom is -0.691 e. The van der Waals surface area contributed by atoms with Gasteiger partial charge >= 0.3 is 11.2 Å². The summed E-state index contributed by atoms with van der Waals surface area (Å²) in [5, 5.41) is 8.97. The van der Waals surface area contributed by atoms with Gasteiger partial charge in [0.1, 0.15) is 29.4 Å². The molecule has 0 radical (unpaired) electrons. The fourth-order valence-electron chi connectivity index (χ4n) is 10.3. The second-order valence-corrected chi connectivity index (χ2v) is 19.2. The molecule has 0 aromatic heterocycles. The molecule has 0 spiro atoms. The van der Waals surface area contributed by atoms with Crippen LogP contribution in [0.15, 0.2) is 106 Å². The molecule has 8 nitrogen and oxygen atoms in total. The number of ether oxygens (including phenoxy) is 1. The predicted octanol–water partition coefficient (Wildman–Crippen LogP) is 8.78. The Morgan fingerprint density at radius 3 is 2.00 bits per heavy atom. The largest absolute Gasteiger partial charge is 0.691 e. The van der Waals surface area contributed by atoms with Gasteiger partial charge in [-0.15, -0.1) is 0 Å². The Kier molecular flexibility index (Phi) is 13.6. The number of Topliss-reactive ketones (excluding diaryl/α,β-unsaturated/α-hetero) is 3. The molecule has 3 aromatic carbocycles. The lowest BCUT2D eigenvalue weighted by Gasteiger charge is -2.58. The van der Waals surface area contributed by atoms with Crippen molar-refractivity contribution in [2.24, 2.45) is 46.3 Å². The first-order valence-corrected chi connectivity index (χ1v) is 21.4. The van der Waals surface area contributed by atoms with Crippen molar-refractivity contribution in [2.45, 2.75) is 98.5 Å². The zero-order chi connectivity index (χ0) is 40.1. The van der Waals surface area contributed by atoms with Crippen LogP contribution < -0.4 is 5.26 Å². The fourth-order valence-corrected chi connectivity index (χ4v) is 12.7. The molecule has 56 heavy (non-hydrogen) atoms. The summed E-state index contributed by atoms with van der Waals surface area (Å²) in [7, 11) is -0.0146. The van der Waals surface area contributed by atoms with E-state index < -0.39 is 35.3 Å². The van der Waals surface area contributed by atoms with E-state index in [2.05, 4.69) is 112 Å². The molecule has 0 bridgehead atoms. The van der Waals surface area contributed by atoms with Gasteiger partial charge in [-0.1, -0.05) is 75.4 Å². The molecule has 0 aliphatic heterocycles. The minimum absolute atomic E-state index is 0.0146. The van der Waals surface area contributed by atoms with Gasteiger partial charge in [-0.3, -0.25) is 24.2 Å². The van der Waals surface area contributed by atoms with Gasteiger partial charge in [-0.25, -0.2) is 0 Å². The number of carbonyl (C=O) groups is 4. The molecule has 12 heteroatoms.